The molecular formula is C19H18FNO3S. The van der Waals surface area contributed by atoms with Gasteiger partial charge in [-0.1, -0.05) is 6.07 Å². The van der Waals surface area contributed by atoms with Crippen LogP contribution in [0.15, 0.2) is 53.4 Å². The molecule has 3 rings (SSSR count). The molecule has 1 aliphatic rings. The van der Waals surface area contributed by atoms with Crippen molar-refractivity contribution in [3.05, 3.63) is 59.9 Å². The Kier molecular flexibility index (Phi) is 5.95. The Hall–Kier alpha value is -2.47. The lowest BCUT2D eigenvalue weighted by atomic mass is 10.2. The molecule has 0 spiro atoms. The van der Waals surface area contributed by atoms with E-state index in [4.69, 9.17) is 9.47 Å². The maximum atomic E-state index is 12.8. The third-order valence-corrected chi connectivity index (χ3v) is 4.62. The third-order valence-electron chi connectivity index (χ3n) is 3.53. The Morgan fingerprint density at radius 1 is 1.16 bits per heavy atom. The molecule has 25 heavy (non-hydrogen) atoms. The highest BCUT2D eigenvalue weighted by molar-refractivity contribution is 7.99. The first-order chi connectivity index (χ1) is 12.2. The summed E-state index contributed by atoms with van der Waals surface area (Å²) in [4.78, 5) is 12.8. The minimum Gasteiger partial charge on any atom is -0.454 e. The van der Waals surface area contributed by atoms with E-state index in [0.717, 1.165) is 28.4 Å². The second-order valence-electron chi connectivity index (χ2n) is 5.39. The molecule has 0 saturated heterocycles. The minimum atomic E-state index is -0.231. The number of amides is 1. The lowest BCUT2D eigenvalue weighted by molar-refractivity contribution is -0.116. The van der Waals surface area contributed by atoms with Crippen molar-refractivity contribution < 1.29 is 18.7 Å². The van der Waals surface area contributed by atoms with Crippen LogP contribution in [0.25, 0.3) is 6.08 Å². The molecule has 0 aromatic heterocycles. The van der Waals surface area contributed by atoms with Crippen molar-refractivity contribution in [2.45, 2.75) is 11.3 Å². The van der Waals surface area contributed by atoms with Crippen LogP contribution >= 0.6 is 11.8 Å². The predicted octanol–water partition coefficient (Wildman–Crippen LogP) is 3.87. The van der Waals surface area contributed by atoms with Crippen LogP contribution in [0.1, 0.15) is 12.0 Å². The molecule has 0 saturated carbocycles. The quantitative estimate of drug-likeness (QED) is 0.463. The van der Waals surface area contributed by atoms with Crippen LogP contribution in [-0.4, -0.2) is 25.0 Å². The second kappa shape index (κ2) is 8.58. The van der Waals surface area contributed by atoms with E-state index in [-0.39, 0.29) is 18.5 Å². The molecule has 130 valence electrons. The number of fused-ring (bicyclic) bond motifs is 1. The number of nitrogens with one attached hydrogen (secondary N) is 1. The Morgan fingerprint density at radius 2 is 1.96 bits per heavy atom. The zero-order valence-corrected chi connectivity index (χ0v) is 14.4. The van der Waals surface area contributed by atoms with Gasteiger partial charge in [0.15, 0.2) is 11.5 Å². The van der Waals surface area contributed by atoms with E-state index in [2.05, 4.69) is 5.32 Å². The van der Waals surface area contributed by atoms with Crippen molar-refractivity contribution in [1.29, 1.82) is 0 Å². The highest BCUT2D eigenvalue weighted by Gasteiger charge is 2.12. The van der Waals surface area contributed by atoms with Crippen LogP contribution in [0.3, 0.4) is 0 Å². The van der Waals surface area contributed by atoms with Gasteiger partial charge in [-0.05, 0) is 60.2 Å². The molecule has 1 aliphatic heterocycles. The lowest BCUT2D eigenvalue weighted by Gasteiger charge is -2.03. The first-order valence-electron chi connectivity index (χ1n) is 7.95. The number of hydrogen-bond donors (Lipinski definition) is 1. The van der Waals surface area contributed by atoms with Crippen LogP contribution in [-0.2, 0) is 4.79 Å². The number of rotatable bonds is 7. The molecule has 6 heteroatoms. The first kappa shape index (κ1) is 17.4. The molecule has 1 heterocycles. The molecule has 2 aromatic carbocycles. The van der Waals surface area contributed by atoms with Gasteiger partial charge in [-0.25, -0.2) is 4.39 Å². The number of benzene rings is 2. The fraction of sp³-hybridized carbons (Fsp3) is 0.211. The maximum absolute atomic E-state index is 12.8. The van der Waals surface area contributed by atoms with Crippen LogP contribution < -0.4 is 14.8 Å². The Morgan fingerprint density at radius 3 is 2.80 bits per heavy atom. The lowest BCUT2D eigenvalue weighted by Crippen LogP contribution is -2.22. The van der Waals surface area contributed by atoms with Crippen LogP contribution in [0, 0.1) is 5.82 Å². The molecule has 0 fully saturated rings. The Labute approximate surface area is 150 Å². The topological polar surface area (TPSA) is 47.6 Å². The summed E-state index contributed by atoms with van der Waals surface area (Å²) >= 11 is 1.64. The van der Waals surface area contributed by atoms with Crippen molar-refractivity contribution in [3.8, 4) is 11.5 Å². The Bertz CT molecular complexity index is 762. The van der Waals surface area contributed by atoms with E-state index >= 15 is 0 Å². The van der Waals surface area contributed by atoms with E-state index in [9.17, 15) is 9.18 Å². The summed E-state index contributed by atoms with van der Waals surface area (Å²) < 4.78 is 23.4. The smallest absolute Gasteiger partial charge is 0.243 e. The van der Waals surface area contributed by atoms with Gasteiger partial charge in [-0.2, -0.15) is 0 Å². The van der Waals surface area contributed by atoms with Gasteiger partial charge in [0.2, 0.25) is 12.7 Å². The molecule has 0 radical (unpaired) electrons. The summed E-state index contributed by atoms with van der Waals surface area (Å²) in [5.41, 5.74) is 0.881. The SMILES string of the molecule is O=C(/C=C/c1ccc2c(c1)OCO2)NCCCSc1ccc(F)cc1. The van der Waals surface area contributed by atoms with Gasteiger partial charge in [0.25, 0.3) is 0 Å². The fourth-order valence-electron chi connectivity index (χ4n) is 2.25. The molecule has 0 unspecified atom stereocenters. The van der Waals surface area contributed by atoms with Crippen molar-refractivity contribution >= 4 is 23.7 Å². The zero-order chi connectivity index (χ0) is 17.5. The zero-order valence-electron chi connectivity index (χ0n) is 13.5. The van der Waals surface area contributed by atoms with E-state index < -0.39 is 0 Å². The van der Waals surface area contributed by atoms with Crippen molar-refractivity contribution in [3.63, 3.8) is 0 Å². The normalized spacial score (nSPS) is 12.5. The van der Waals surface area contributed by atoms with Gasteiger partial charge in [0.05, 0.1) is 0 Å². The van der Waals surface area contributed by atoms with Crippen molar-refractivity contribution in [1.82, 2.24) is 5.32 Å². The summed E-state index contributed by atoms with van der Waals surface area (Å²) in [6.07, 6.45) is 4.08. The van der Waals surface area contributed by atoms with E-state index in [1.54, 1.807) is 30.0 Å². The summed E-state index contributed by atoms with van der Waals surface area (Å²) in [5, 5.41) is 2.85. The average molecular weight is 359 g/mol. The van der Waals surface area contributed by atoms with Crippen LogP contribution in [0.4, 0.5) is 4.39 Å². The predicted molar refractivity (Wildman–Crippen MR) is 96.3 cm³/mol. The highest BCUT2D eigenvalue weighted by atomic mass is 32.2. The minimum absolute atomic E-state index is 0.135. The molecule has 0 aliphatic carbocycles. The van der Waals surface area contributed by atoms with Crippen LogP contribution in [0.5, 0.6) is 11.5 Å². The fourth-order valence-corrected chi connectivity index (χ4v) is 3.11. The van der Waals surface area contributed by atoms with Gasteiger partial charge in [0.1, 0.15) is 5.82 Å². The molecule has 0 atom stereocenters. The van der Waals surface area contributed by atoms with E-state index in [0.29, 0.717) is 12.3 Å². The van der Waals surface area contributed by atoms with Crippen molar-refractivity contribution in [2.75, 3.05) is 19.1 Å². The Balaban J connectivity index is 1.36. The van der Waals surface area contributed by atoms with Gasteiger partial charge in [-0.3, -0.25) is 4.79 Å². The van der Waals surface area contributed by atoms with E-state index in [1.165, 1.54) is 18.2 Å². The van der Waals surface area contributed by atoms with Gasteiger partial charge >= 0.3 is 0 Å². The highest BCUT2D eigenvalue weighted by Crippen LogP contribution is 2.32. The molecule has 4 nitrogen and oxygen atoms in total. The van der Waals surface area contributed by atoms with Gasteiger partial charge < -0.3 is 14.8 Å². The summed E-state index contributed by atoms with van der Waals surface area (Å²) in [7, 11) is 0. The van der Waals surface area contributed by atoms with Crippen LogP contribution in [0.2, 0.25) is 0 Å². The number of halogens is 1. The summed E-state index contributed by atoms with van der Waals surface area (Å²) in [5.74, 6) is 1.91. The second-order valence-corrected chi connectivity index (χ2v) is 6.56. The van der Waals surface area contributed by atoms with Crippen molar-refractivity contribution in [2.24, 2.45) is 0 Å². The largest absolute Gasteiger partial charge is 0.454 e. The summed E-state index contributed by atoms with van der Waals surface area (Å²) in [6.45, 7) is 0.831. The maximum Gasteiger partial charge on any atom is 0.243 e. The molecule has 1 amide bonds. The number of carbonyl (C=O) groups excluding carboxylic acids is 1. The molecule has 2 aromatic rings. The third kappa shape index (κ3) is 5.26. The van der Waals surface area contributed by atoms with Gasteiger partial charge in [-0.15, -0.1) is 11.8 Å². The number of hydrogen-bond acceptors (Lipinski definition) is 4. The number of carbonyl (C=O) groups is 1. The first-order valence-corrected chi connectivity index (χ1v) is 8.93. The molecule has 1 N–H and O–H groups in total. The van der Waals surface area contributed by atoms with Gasteiger partial charge in [0, 0.05) is 17.5 Å². The molecular weight excluding hydrogens is 341 g/mol. The molecule has 0 bridgehead atoms. The van der Waals surface area contributed by atoms with E-state index in [1.807, 2.05) is 18.2 Å². The summed E-state index contributed by atoms with van der Waals surface area (Å²) in [6, 6.07) is 11.9. The average Bonchev–Trinajstić information content (AvgIpc) is 3.09. The number of ether oxygens (including phenoxy) is 2. The number of thioether (sulfide) groups is 1. The standard InChI is InChI=1S/C19H18FNO3S/c20-15-4-6-16(7-5-15)25-11-1-10-21-19(22)9-3-14-2-8-17-18(12-14)24-13-23-17/h2-9,12H,1,10-11,13H2,(H,21,22)/b9-3+. The monoisotopic (exact) mass is 359 g/mol.